The fourth-order valence-corrected chi connectivity index (χ4v) is 2.75. The third-order valence-corrected chi connectivity index (χ3v) is 4.20. The van der Waals surface area contributed by atoms with Crippen molar-refractivity contribution in [2.75, 3.05) is 31.3 Å². The Bertz CT molecular complexity index is 427. The minimum atomic E-state index is -0.0145. The van der Waals surface area contributed by atoms with Crippen molar-refractivity contribution in [3.05, 3.63) is 4.88 Å². The van der Waals surface area contributed by atoms with Crippen molar-refractivity contribution in [2.45, 2.75) is 27.2 Å². The number of Topliss-reactive ketones (excluding diaryl/α,β-unsaturated/α-hetero) is 1. The van der Waals surface area contributed by atoms with Gasteiger partial charge in [0.1, 0.15) is 5.00 Å². The van der Waals surface area contributed by atoms with Crippen molar-refractivity contribution in [3.8, 4) is 5.75 Å². The zero-order valence-corrected chi connectivity index (χ0v) is 12.6. The first-order chi connectivity index (χ1) is 8.38. The molecular weight excluding hydrogens is 248 g/mol. The molecule has 0 spiro atoms. The summed E-state index contributed by atoms with van der Waals surface area (Å²) in [6, 6.07) is 0. The molecule has 0 aromatic carbocycles. The lowest BCUT2D eigenvalue weighted by Crippen LogP contribution is -2.19. The molecule has 0 saturated heterocycles. The Balaban J connectivity index is 3.00. The molecule has 4 nitrogen and oxygen atoms in total. The lowest BCUT2D eigenvalue weighted by molar-refractivity contribution is 0.102. The third-order valence-electron chi connectivity index (χ3n) is 2.79. The monoisotopic (exact) mass is 270 g/mol. The summed E-state index contributed by atoms with van der Waals surface area (Å²) in [6.07, 6.45) is 1.09. The lowest BCUT2D eigenvalue weighted by Gasteiger charge is -2.19. The van der Waals surface area contributed by atoms with Crippen LogP contribution < -0.4 is 15.4 Å². The van der Waals surface area contributed by atoms with Crippen LogP contribution in [0.2, 0.25) is 0 Å². The molecule has 0 aliphatic rings. The highest BCUT2D eigenvalue weighted by atomic mass is 32.1. The first-order valence-corrected chi connectivity index (χ1v) is 6.88. The van der Waals surface area contributed by atoms with E-state index in [9.17, 15) is 4.79 Å². The van der Waals surface area contributed by atoms with Crippen molar-refractivity contribution in [1.82, 2.24) is 0 Å². The van der Waals surface area contributed by atoms with Crippen LogP contribution in [0.4, 0.5) is 10.7 Å². The van der Waals surface area contributed by atoms with Crippen molar-refractivity contribution in [1.29, 1.82) is 0 Å². The molecule has 1 aromatic heterocycles. The fourth-order valence-electron chi connectivity index (χ4n) is 1.68. The number of carbonyl (C=O) groups is 1. The zero-order valence-electron chi connectivity index (χ0n) is 11.7. The lowest BCUT2D eigenvalue weighted by atomic mass is 10.1. The van der Waals surface area contributed by atoms with Gasteiger partial charge in [0.25, 0.3) is 0 Å². The highest BCUT2D eigenvalue weighted by Crippen LogP contribution is 2.44. The van der Waals surface area contributed by atoms with Gasteiger partial charge in [-0.3, -0.25) is 4.79 Å². The molecule has 1 aromatic rings. The van der Waals surface area contributed by atoms with E-state index < -0.39 is 0 Å². The minimum Gasteiger partial charge on any atom is -0.492 e. The molecule has 18 heavy (non-hydrogen) atoms. The number of nitrogens with two attached hydrogens (primary N) is 1. The second kappa shape index (κ2) is 6.09. The molecular formula is C13H22N2O2S. The van der Waals surface area contributed by atoms with Crippen LogP contribution >= 0.6 is 11.3 Å². The number of nitrogen functional groups attached to an aromatic ring is 1. The maximum Gasteiger partial charge on any atom is 0.177 e. The van der Waals surface area contributed by atoms with Gasteiger partial charge in [0.05, 0.1) is 17.7 Å². The van der Waals surface area contributed by atoms with Crippen molar-refractivity contribution in [3.63, 3.8) is 0 Å². The van der Waals surface area contributed by atoms with E-state index in [4.69, 9.17) is 10.5 Å². The Labute approximate surface area is 113 Å². The van der Waals surface area contributed by atoms with Gasteiger partial charge in [-0.25, -0.2) is 0 Å². The predicted octanol–water partition coefficient (Wildman–Crippen LogP) is 3.02. The zero-order chi connectivity index (χ0) is 13.9. The van der Waals surface area contributed by atoms with E-state index in [-0.39, 0.29) is 5.78 Å². The summed E-state index contributed by atoms with van der Waals surface area (Å²) in [6.45, 7) is 6.83. The van der Waals surface area contributed by atoms with E-state index in [0.29, 0.717) is 22.2 Å². The van der Waals surface area contributed by atoms with Crippen LogP contribution in [0.1, 0.15) is 36.9 Å². The second-order valence-electron chi connectivity index (χ2n) is 4.84. The summed E-state index contributed by atoms with van der Waals surface area (Å²) in [5.74, 6) is 1.25. The third kappa shape index (κ3) is 3.16. The van der Waals surface area contributed by atoms with Crippen LogP contribution in [-0.4, -0.2) is 26.5 Å². The quantitative estimate of drug-likeness (QED) is 0.807. The van der Waals surface area contributed by atoms with Crippen LogP contribution in [0.3, 0.4) is 0 Å². The minimum absolute atomic E-state index is 0.0145. The average molecular weight is 270 g/mol. The average Bonchev–Trinajstić information content (AvgIpc) is 2.63. The number of hydrogen-bond donors (Lipinski definition) is 1. The number of nitrogens with zero attached hydrogens (tertiary/aromatic N) is 1. The van der Waals surface area contributed by atoms with Gasteiger partial charge >= 0.3 is 0 Å². The number of thiophene rings is 1. The Hall–Kier alpha value is -1.23. The SMILES string of the molecule is COc1c(N(C)CCC(C)C)sc(C(C)=O)c1N. The van der Waals surface area contributed by atoms with Crippen LogP contribution in [-0.2, 0) is 0 Å². The van der Waals surface area contributed by atoms with Gasteiger partial charge in [-0.15, -0.1) is 11.3 Å². The van der Waals surface area contributed by atoms with Gasteiger partial charge in [0.2, 0.25) is 0 Å². The molecule has 1 heterocycles. The Morgan fingerprint density at radius 3 is 2.56 bits per heavy atom. The Kier molecular flexibility index (Phi) is 5.02. The summed E-state index contributed by atoms with van der Waals surface area (Å²) in [5, 5.41) is 0.931. The van der Waals surface area contributed by atoms with E-state index in [1.165, 1.54) is 18.3 Å². The molecule has 0 atom stereocenters. The number of carbonyl (C=O) groups excluding carboxylic acids is 1. The largest absolute Gasteiger partial charge is 0.492 e. The number of rotatable bonds is 6. The van der Waals surface area contributed by atoms with E-state index in [1.54, 1.807) is 7.11 Å². The van der Waals surface area contributed by atoms with Gasteiger partial charge in [0.15, 0.2) is 11.5 Å². The van der Waals surface area contributed by atoms with Gasteiger partial charge in [-0.05, 0) is 12.3 Å². The Morgan fingerprint density at radius 2 is 2.11 bits per heavy atom. The molecule has 0 amide bonds. The summed E-state index contributed by atoms with van der Waals surface area (Å²) >= 11 is 1.40. The van der Waals surface area contributed by atoms with Gasteiger partial charge in [-0.1, -0.05) is 13.8 Å². The van der Waals surface area contributed by atoms with Crippen molar-refractivity contribution < 1.29 is 9.53 Å². The van der Waals surface area contributed by atoms with E-state index in [1.807, 2.05) is 7.05 Å². The van der Waals surface area contributed by atoms with Gasteiger partial charge in [0, 0.05) is 20.5 Å². The highest BCUT2D eigenvalue weighted by Gasteiger charge is 2.21. The number of anilines is 2. The maximum absolute atomic E-state index is 11.5. The molecule has 2 N–H and O–H groups in total. The van der Waals surface area contributed by atoms with Crippen molar-refractivity contribution in [2.24, 2.45) is 5.92 Å². The maximum atomic E-state index is 11.5. The predicted molar refractivity (Wildman–Crippen MR) is 78.0 cm³/mol. The van der Waals surface area contributed by atoms with Crippen LogP contribution in [0.5, 0.6) is 5.75 Å². The Morgan fingerprint density at radius 1 is 1.50 bits per heavy atom. The topological polar surface area (TPSA) is 55.6 Å². The summed E-state index contributed by atoms with van der Waals surface area (Å²) < 4.78 is 5.33. The summed E-state index contributed by atoms with van der Waals surface area (Å²) in [5.41, 5.74) is 6.41. The van der Waals surface area contributed by atoms with Crippen molar-refractivity contribution >= 4 is 27.8 Å². The van der Waals surface area contributed by atoms with Crippen LogP contribution in [0.25, 0.3) is 0 Å². The molecule has 5 heteroatoms. The molecule has 1 rings (SSSR count). The molecule has 0 saturated carbocycles. The first-order valence-electron chi connectivity index (χ1n) is 6.06. The van der Waals surface area contributed by atoms with E-state index in [2.05, 4.69) is 18.7 Å². The van der Waals surface area contributed by atoms with E-state index >= 15 is 0 Å². The molecule has 0 aliphatic heterocycles. The fraction of sp³-hybridized carbons (Fsp3) is 0.615. The molecule has 0 aliphatic carbocycles. The van der Waals surface area contributed by atoms with Crippen LogP contribution in [0.15, 0.2) is 0 Å². The first kappa shape index (κ1) is 14.8. The summed E-state index contributed by atoms with van der Waals surface area (Å²) in [7, 11) is 3.59. The second-order valence-corrected chi connectivity index (χ2v) is 5.84. The van der Waals surface area contributed by atoms with E-state index in [0.717, 1.165) is 18.0 Å². The normalized spacial score (nSPS) is 10.8. The molecule has 0 bridgehead atoms. The van der Waals surface area contributed by atoms with Crippen LogP contribution in [0, 0.1) is 5.92 Å². The molecule has 0 unspecified atom stereocenters. The standard InChI is InChI=1S/C13H22N2O2S/c1-8(2)6-7-15(4)13-11(17-5)10(14)12(18-13)9(3)16/h8H,6-7,14H2,1-5H3. The molecule has 0 fully saturated rings. The van der Waals surface area contributed by atoms with Gasteiger partial charge < -0.3 is 15.4 Å². The smallest absolute Gasteiger partial charge is 0.177 e. The number of ether oxygens (including phenoxy) is 1. The van der Waals surface area contributed by atoms with Gasteiger partial charge in [-0.2, -0.15) is 0 Å². The number of hydrogen-bond acceptors (Lipinski definition) is 5. The number of methoxy groups -OCH3 is 1. The highest BCUT2D eigenvalue weighted by molar-refractivity contribution is 7.19. The number of ketones is 1. The molecule has 102 valence electrons. The molecule has 0 radical (unpaired) electrons. The summed E-state index contributed by atoms with van der Waals surface area (Å²) in [4.78, 5) is 14.2.